The molecular weight excluding hydrogens is 423 g/mol. The Kier molecular flexibility index (Phi) is 6.35. The third kappa shape index (κ3) is 4.56. The molecule has 31 heavy (non-hydrogen) atoms. The van der Waals surface area contributed by atoms with Crippen LogP contribution in [0.5, 0.6) is 0 Å². The Morgan fingerprint density at radius 2 is 1.84 bits per heavy atom. The molecule has 1 unspecified atom stereocenters. The van der Waals surface area contributed by atoms with Gasteiger partial charge in [0, 0.05) is 23.2 Å². The van der Waals surface area contributed by atoms with E-state index >= 15 is 0 Å². The first-order chi connectivity index (χ1) is 14.7. The second-order valence-electron chi connectivity index (χ2n) is 6.94. The third-order valence-electron chi connectivity index (χ3n) is 4.84. The van der Waals surface area contributed by atoms with Crippen molar-refractivity contribution in [3.8, 4) is 16.9 Å². The number of hydrogen-bond acceptors (Lipinski definition) is 6. The highest BCUT2D eigenvalue weighted by molar-refractivity contribution is 7.90. The molecule has 2 aromatic carbocycles. The lowest BCUT2D eigenvalue weighted by atomic mass is 10.1. The molecule has 1 aromatic heterocycles. The topological polar surface area (TPSA) is 94.8 Å². The Morgan fingerprint density at radius 3 is 2.39 bits per heavy atom. The van der Waals surface area contributed by atoms with Gasteiger partial charge in [0.2, 0.25) is 6.04 Å². The van der Waals surface area contributed by atoms with Crippen LogP contribution >= 0.6 is 0 Å². The molecule has 0 bridgehead atoms. The van der Waals surface area contributed by atoms with Crippen LogP contribution in [0.1, 0.15) is 24.2 Å². The quantitative estimate of drug-likeness (QED) is 0.398. The van der Waals surface area contributed by atoms with Crippen molar-refractivity contribution in [2.75, 3.05) is 12.9 Å². The molecule has 0 fully saturated rings. The summed E-state index contributed by atoms with van der Waals surface area (Å²) in [6, 6.07) is 12.2. The zero-order chi connectivity index (χ0) is 22.8. The number of benzene rings is 2. The molecule has 3 rings (SSSR count). The van der Waals surface area contributed by atoms with Crippen LogP contribution in [0.25, 0.3) is 16.9 Å². The fourth-order valence-electron chi connectivity index (χ4n) is 3.38. The number of aromatic nitrogens is 1. The van der Waals surface area contributed by atoms with Crippen LogP contribution < -0.4 is 0 Å². The Morgan fingerprint density at radius 1 is 1.16 bits per heavy atom. The fourth-order valence-corrected chi connectivity index (χ4v) is 4.01. The molecule has 1 heterocycles. The highest BCUT2D eigenvalue weighted by Crippen LogP contribution is 2.34. The summed E-state index contributed by atoms with van der Waals surface area (Å²) in [5, 5.41) is 2.95. The van der Waals surface area contributed by atoms with E-state index in [1.54, 1.807) is 48.7 Å². The van der Waals surface area contributed by atoms with Gasteiger partial charge >= 0.3 is 5.97 Å². The maximum absolute atomic E-state index is 13.9. The van der Waals surface area contributed by atoms with Gasteiger partial charge in [0.25, 0.3) is 0 Å². The molecule has 162 valence electrons. The monoisotopic (exact) mass is 444 g/mol. The van der Waals surface area contributed by atoms with Crippen LogP contribution in [0.2, 0.25) is 0 Å². The number of nitrogens with zero attached hydrogens (tertiary/aromatic N) is 2. The van der Waals surface area contributed by atoms with E-state index in [-0.39, 0.29) is 11.5 Å². The number of carbonyl (C=O) groups is 1. The van der Waals surface area contributed by atoms with E-state index in [4.69, 9.17) is 4.74 Å². The molecule has 3 aromatic rings. The van der Waals surface area contributed by atoms with Gasteiger partial charge in [-0.25, -0.2) is 17.6 Å². The molecule has 0 saturated heterocycles. The molecule has 0 radical (unpaired) electrons. The van der Waals surface area contributed by atoms with Crippen LogP contribution in [0.3, 0.4) is 0 Å². The number of halogens is 1. The molecular formula is C22H21FN2O5S. The number of esters is 1. The average molecular weight is 444 g/mol. The zero-order valence-corrected chi connectivity index (χ0v) is 18.0. The lowest BCUT2D eigenvalue weighted by molar-refractivity contribution is -0.144. The minimum Gasteiger partial charge on any atom is -0.464 e. The van der Waals surface area contributed by atoms with Crippen molar-refractivity contribution in [3.05, 3.63) is 76.6 Å². The van der Waals surface area contributed by atoms with Crippen LogP contribution in [0, 0.1) is 17.6 Å². The maximum Gasteiger partial charge on any atom is 0.339 e. The van der Waals surface area contributed by atoms with Gasteiger partial charge in [-0.05, 0) is 61.0 Å². The highest BCUT2D eigenvalue weighted by atomic mass is 32.2. The second kappa shape index (κ2) is 8.81. The number of carbonyl (C=O) groups excluding carboxylic acids is 1. The summed E-state index contributed by atoms with van der Waals surface area (Å²) in [7, 11) is -3.38. The van der Waals surface area contributed by atoms with Gasteiger partial charge in [-0.2, -0.15) is 0 Å². The maximum atomic E-state index is 13.9. The Labute approximate surface area is 179 Å². The van der Waals surface area contributed by atoms with Crippen molar-refractivity contribution in [2.24, 2.45) is 5.18 Å². The molecule has 9 heteroatoms. The zero-order valence-electron chi connectivity index (χ0n) is 17.2. The minimum absolute atomic E-state index is 0.0916. The van der Waals surface area contributed by atoms with Crippen LogP contribution in [0.4, 0.5) is 4.39 Å². The molecule has 0 aliphatic carbocycles. The van der Waals surface area contributed by atoms with Crippen molar-refractivity contribution < 1.29 is 22.3 Å². The van der Waals surface area contributed by atoms with Crippen molar-refractivity contribution in [1.82, 2.24) is 4.57 Å². The molecule has 1 atom stereocenters. The van der Waals surface area contributed by atoms with Gasteiger partial charge in [0.05, 0.1) is 17.2 Å². The van der Waals surface area contributed by atoms with E-state index in [0.29, 0.717) is 28.2 Å². The molecule has 7 nitrogen and oxygen atoms in total. The summed E-state index contributed by atoms with van der Waals surface area (Å²) in [6.45, 7) is 3.40. The van der Waals surface area contributed by atoms with Gasteiger partial charge < -0.3 is 9.30 Å². The van der Waals surface area contributed by atoms with Crippen molar-refractivity contribution in [2.45, 2.75) is 24.8 Å². The van der Waals surface area contributed by atoms with Crippen molar-refractivity contribution in [3.63, 3.8) is 0 Å². The van der Waals surface area contributed by atoms with Gasteiger partial charge in [-0.3, -0.25) is 0 Å². The number of nitroso groups, excluding NO2 is 1. The van der Waals surface area contributed by atoms with Gasteiger partial charge in [0.1, 0.15) is 5.82 Å². The molecule has 0 saturated carbocycles. The first-order valence-electron chi connectivity index (χ1n) is 9.45. The molecule has 0 aliphatic rings. The summed E-state index contributed by atoms with van der Waals surface area (Å²) in [4.78, 5) is 23.9. The highest BCUT2D eigenvalue weighted by Gasteiger charge is 2.29. The van der Waals surface area contributed by atoms with Gasteiger partial charge in [-0.1, -0.05) is 18.2 Å². The van der Waals surface area contributed by atoms with Crippen molar-refractivity contribution in [1.29, 1.82) is 0 Å². The van der Waals surface area contributed by atoms with Gasteiger partial charge in [-0.15, -0.1) is 4.91 Å². The van der Waals surface area contributed by atoms with Crippen LogP contribution in [0.15, 0.2) is 64.7 Å². The Balaban J connectivity index is 2.24. The van der Waals surface area contributed by atoms with E-state index in [1.807, 2.05) is 0 Å². The minimum atomic E-state index is -3.38. The van der Waals surface area contributed by atoms with E-state index in [9.17, 15) is 22.5 Å². The van der Waals surface area contributed by atoms with Crippen LogP contribution in [-0.4, -0.2) is 31.8 Å². The summed E-state index contributed by atoms with van der Waals surface area (Å²) >= 11 is 0. The second-order valence-corrected chi connectivity index (χ2v) is 8.96. The Hall–Kier alpha value is -3.33. The summed E-state index contributed by atoms with van der Waals surface area (Å²) < 4.78 is 44.2. The van der Waals surface area contributed by atoms with E-state index in [1.165, 1.54) is 24.3 Å². The number of ether oxygens (including phenoxy) is 1. The molecule has 0 amide bonds. The molecule has 0 aliphatic heterocycles. The normalized spacial score (nSPS) is 12.4. The summed E-state index contributed by atoms with van der Waals surface area (Å²) in [6.07, 6.45) is 1.11. The van der Waals surface area contributed by atoms with E-state index < -0.39 is 27.7 Å². The SMILES string of the molecule is CCOC(=O)C(N=O)c1cc(-c2ccc(S(C)(=O)=O)cc2)n(-c2cccc(F)c2)c1C. The Bertz CT molecular complexity index is 1230. The molecule has 0 N–H and O–H groups in total. The largest absolute Gasteiger partial charge is 0.464 e. The standard InChI is InChI=1S/C22H21FN2O5S/c1-4-30-22(26)21(24-27)19-13-20(15-8-10-18(11-9-15)31(3,28)29)25(14(19)2)17-7-5-6-16(23)12-17/h5-13,21H,4H2,1-3H3. The predicted octanol–water partition coefficient (Wildman–Crippen LogP) is 4.37. The number of sulfone groups is 1. The van der Waals surface area contributed by atoms with E-state index in [2.05, 4.69) is 5.18 Å². The lowest BCUT2D eigenvalue weighted by Crippen LogP contribution is -2.14. The smallest absolute Gasteiger partial charge is 0.339 e. The van der Waals surface area contributed by atoms with Crippen molar-refractivity contribution >= 4 is 15.8 Å². The van der Waals surface area contributed by atoms with Crippen LogP contribution in [-0.2, 0) is 19.4 Å². The number of hydrogen-bond donors (Lipinski definition) is 0. The van der Waals surface area contributed by atoms with Gasteiger partial charge in [0.15, 0.2) is 9.84 Å². The summed E-state index contributed by atoms with van der Waals surface area (Å²) in [5.74, 6) is -1.24. The van der Waals surface area contributed by atoms with E-state index in [0.717, 1.165) is 6.26 Å². The number of rotatable bonds is 7. The first kappa shape index (κ1) is 22.4. The third-order valence-corrected chi connectivity index (χ3v) is 5.97. The predicted molar refractivity (Wildman–Crippen MR) is 114 cm³/mol. The lowest BCUT2D eigenvalue weighted by Gasteiger charge is -2.13. The first-order valence-corrected chi connectivity index (χ1v) is 11.3. The summed E-state index contributed by atoms with van der Waals surface area (Å²) in [5.41, 5.74) is 2.44. The molecule has 0 spiro atoms. The fraction of sp³-hybridized carbons (Fsp3) is 0.227. The average Bonchev–Trinajstić information content (AvgIpc) is 3.05.